The van der Waals surface area contributed by atoms with Gasteiger partial charge in [0.2, 0.25) is 5.91 Å². The number of piperidine rings is 1. The predicted octanol–water partition coefficient (Wildman–Crippen LogP) is 7.95. The molecular formula is C40H48N4O. The van der Waals surface area contributed by atoms with Crippen LogP contribution >= 0.6 is 0 Å². The molecule has 45 heavy (non-hydrogen) atoms. The first-order chi connectivity index (χ1) is 22.0. The summed E-state index contributed by atoms with van der Waals surface area (Å²) in [6.07, 6.45) is 13.6. The second-order valence-corrected chi connectivity index (χ2v) is 14.7. The van der Waals surface area contributed by atoms with Crippen LogP contribution in [0.15, 0.2) is 84.9 Å². The minimum absolute atomic E-state index is 0.209. The van der Waals surface area contributed by atoms with E-state index in [0.717, 1.165) is 67.6 Å². The van der Waals surface area contributed by atoms with Crippen molar-refractivity contribution in [2.75, 3.05) is 19.6 Å². The standard InChI is InChI=1S/C32H40N2O.C8H8N2/c35-29(31(16-7-8-17-31)26-12-5-2-6-13-26)33-21-18-30(19-22-33,25-10-3-1-4-11-25)20-23-34-28-15-9-14-27-24-32(27,28)34;1-6-9-7-4-2-3-5-8(7)10-6/h1-6,10-13,27-28H,7-9,14-24H2;2-5H,1H3,(H,9,10)/t27-,28?,32?,34?;/m0./s1. The van der Waals surface area contributed by atoms with Gasteiger partial charge >= 0.3 is 0 Å². The van der Waals surface area contributed by atoms with Gasteiger partial charge in [0, 0.05) is 24.7 Å². The lowest BCUT2D eigenvalue weighted by atomic mass is 9.69. The molecule has 1 N–H and O–H groups in total. The van der Waals surface area contributed by atoms with Crippen LogP contribution in [0.4, 0.5) is 0 Å². The molecule has 3 unspecified atom stereocenters. The number of benzene rings is 3. The van der Waals surface area contributed by atoms with Gasteiger partial charge in [-0.15, -0.1) is 0 Å². The normalized spacial score (nSPS) is 28.8. The summed E-state index contributed by atoms with van der Waals surface area (Å²) in [5.74, 6) is 2.38. The Labute approximate surface area is 268 Å². The Morgan fingerprint density at radius 3 is 2.18 bits per heavy atom. The Bertz CT molecular complexity index is 1600. The third-order valence-corrected chi connectivity index (χ3v) is 12.5. The largest absolute Gasteiger partial charge is 0.342 e. The number of hydrogen-bond acceptors (Lipinski definition) is 3. The van der Waals surface area contributed by atoms with E-state index in [0.29, 0.717) is 11.4 Å². The molecule has 5 nitrogen and oxygen atoms in total. The Balaban J connectivity index is 0.000000255. The Morgan fingerprint density at radius 2 is 1.49 bits per heavy atom. The molecular weight excluding hydrogens is 552 g/mol. The van der Waals surface area contributed by atoms with E-state index in [9.17, 15) is 4.79 Å². The molecule has 5 heteroatoms. The molecule has 1 spiro atoms. The fraction of sp³-hybridized carbons (Fsp3) is 0.500. The zero-order valence-corrected chi connectivity index (χ0v) is 26.9. The average Bonchev–Trinajstić information content (AvgIpc) is 3.80. The Hall–Kier alpha value is -3.44. The predicted molar refractivity (Wildman–Crippen MR) is 181 cm³/mol. The molecule has 5 fully saturated rings. The molecule has 1 aromatic heterocycles. The van der Waals surface area contributed by atoms with E-state index in [2.05, 4.69) is 80.4 Å². The fourth-order valence-electron chi connectivity index (χ4n) is 9.94. The number of carbonyl (C=O) groups excluding carboxylic acids is 1. The van der Waals surface area contributed by atoms with Gasteiger partial charge in [-0.1, -0.05) is 92.1 Å². The van der Waals surface area contributed by atoms with Crippen LogP contribution in [-0.2, 0) is 15.6 Å². The van der Waals surface area contributed by atoms with E-state index in [1.165, 1.54) is 62.6 Å². The van der Waals surface area contributed by atoms with Crippen LogP contribution in [0.2, 0.25) is 0 Å². The van der Waals surface area contributed by atoms with Crippen molar-refractivity contribution >= 4 is 16.9 Å². The molecule has 0 radical (unpaired) electrons. The summed E-state index contributed by atoms with van der Waals surface area (Å²) in [7, 11) is 0. The van der Waals surface area contributed by atoms with Gasteiger partial charge in [-0.3, -0.25) is 9.69 Å². The molecule has 3 saturated carbocycles. The van der Waals surface area contributed by atoms with Gasteiger partial charge in [-0.25, -0.2) is 4.98 Å². The van der Waals surface area contributed by atoms with E-state index in [1.807, 2.05) is 31.2 Å². The van der Waals surface area contributed by atoms with Gasteiger partial charge in [0.15, 0.2) is 0 Å². The number of aromatic amines is 1. The monoisotopic (exact) mass is 600 g/mol. The third-order valence-electron chi connectivity index (χ3n) is 12.5. The first kappa shape index (κ1) is 29.0. The summed E-state index contributed by atoms with van der Waals surface area (Å²) >= 11 is 0. The number of hydrogen-bond donors (Lipinski definition) is 1. The van der Waals surface area contributed by atoms with Crippen molar-refractivity contribution in [3.63, 3.8) is 0 Å². The van der Waals surface area contributed by atoms with Crippen molar-refractivity contribution in [2.45, 2.75) is 100.0 Å². The van der Waals surface area contributed by atoms with E-state index in [4.69, 9.17) is 0 Å². The van der Waals surface area contributed by atoms with E-state index in [-0.39, 0.29) is 10.8 Å². The van der Waals surface area contributed by atoms with Gasteiger partial charge in [0.05, 0.1) is 16.4 Å². The summed E-state index contributed by atoms with van der Waals surface area (Å²) in [6.45, 7) is 5.01. The van der Waals surface area contributed by atoms with E-state index >= 15 is 0 Å². The summed E-state index contributed by atoms with van der Waals surface area (Å²) in [6, 6.07) is 30.8. The van der Waals surface area contributed by atoms with Crippen molar-refractivity contribution in [2.24, 2.45) is 5.92 Å². The van der Waals surface area contributed by atoms with Crippen molar-refractivity contribution in [1.82, 2.24) is 19.8 Å². The highest BCUT2D eigenvalue weighted by Crippen LogP contribution is 2.70. The molecule has 9 rings (SSSR count). The molecule has 3 aliphatic carbocycles. The van der Waals surface area contributed by atoms with E-state index in [1.54, 1.807) is 0 Å². The lowest BCUT2D eigenvalue weighted by molar-refractivity contribution is -0.139. The number of carbonyl (C=O) groups is 1. The molecule has 3 heterocycles. The first-order valence-corrected chi connectivity index (χ1v) is 17.6. The van der Waals surface area contributed by atoms with E-state index < -0.39 is 0 Å². The Kier molecular flexibility index (Phi) is 7.36. The van der Waals surface area contributed by atoms with Crippen molar-refractivity contribution in [1.29, 1.82) is 0 Å². The molecule has 2 aliphatic heterocycles. The second-order valence-electron chi connectivity index (χ2n) is 14.7. The van der Waals surface area contributed by atoms with Gasteiger partial charge in [0.25, 0.3) is 0 Å². The second kappa shape index (κ2) is 11.4. The maximum absolute atomic E-state index is 14.1. The lowest BCUT2D eigenvalue weighted by Crippen LogP contribution is -2.51. The fourth-order valence-corrected chi connectivity index (χ4v) is 9.94. The maximum Gasteiger partial charge on any atom is 0.233 e. The van der Waals surface area contributed by atoms with Crippen LogP contribution in [0.25, 0.3) is 11.0 Å². The molecule has 5 aliphatic rings. The number of imidazole rings is 1. The number of nitrogens with zero attached hydrogens (tertiary/aromatic N) is 3. The molecule has 1 amide bonds. The highest BCUT2D eigenvalue weighted by molar-refractivity contribution is 5.88. The van der Waals surface area contributed by atoms with Crippen LogP contribution in [0.3, 0.4) is 0 Å². The van der Waals surface area contributed by atoms with Crippen molar-refractivity contribution in [3.05, 3.63) is 102 Å². The van der Waals surface area contributed by atoms with Gasteiger partial charge in [-0.2, -0.15) is 0 Å². The smallest absolute Gasteiger partial charge is 0.233 e. The maximum atomic E-state index is 14.1. The highest BCUT2D eigenvalue weighted by atomic mass is 16.2. The Morgan fingerprint density at radius 1 is 0.822 bits per heavy atom. The number of fused-ring (bicyclic) bond motifs is 1. The highest BCUT2D eigenvalue weighted by Gasteiger charge is 2.76. The molecule has 4 aromatic rings. The number of para-hydroxylation sites is 2. The summed E-state index contributed by atoms with van der Waals surface area (Å²) < 4.78 is 0. The molecule has 4 atom stereocenters. The summed E-state index contributed by atoms with van der Waals surface area (Å²) in [5, 5.41) is 0. The van der Waals surface area contributed by atoms with Crippen LogP contribution < -0.4 is 0 Å². The zero-order valence-electron chi connectivity index (χ0n) is 26.9. The number of rotatable bonds is 6. The number of aryl methyl sites for hydroxylation is 1. The zero-order chi connectivity index (χ0) is 30.5. The number of nitrogens with one attached hydrogen (secondary N) is 1. The quantitative estimate of drug-likeness (QED) is 0.229. The topological polar surface area (TPSA) is 52.0 Å². The number of aromatic nitrogens is 2. The summed E-state index contributed by atoms with van der Waals surface area (Å²) in [4.78, 5) is 26.6. The van der Waals surface area contributed by atoms with Gasteiger partial charge in [0.1, 0.15) is 5.82 Å². The lowest BCUT2D eigenvalue weighted by Gasteiger charge is -2.45. The molecule has 3 aromatic carbocycles. The number of H-pyrrole nitrogens is 1. The summed E-state index contributed by atoms with van der Waals surface area (Å²) in [5.41, 5.74) is 5.45. The number of amides is 1. The van der Waals surface area contributed by atoms with Gasteiger partial charge < -0.3 is 9.88 Å². The SMILES string of the molecule is Cc1nc2ccccc2[nH]1.O=C(N1CCC(CCN2C3CCC[C@H]4CC342)(c2ccccc2)CC1)C1(c2ccccc2)CCCC1. The molecule has 234 valence electrons. The first-order valence-electron chi connectivity index (χ1n) is 17.6. The minimum atomic E-state index is -0.288. The van der Waals surface area contributed by atoms with Crippen LogP contribution in [0.1, 0.15) is 87.6 Å². The van der Waals surface area contributed by atoms with Crippen LogP contribution in [0, 0.1) is 12.8 Å². The van der Waals surface area contributed by atoms with Crippen LogP contribution in [0.5, 0.6) is 0 Å². The number of likely N-dealkylation sites (tertiary alicyclic amines) is 2. The van der Waals surface area contributed by atoms with Crippen molar-refractivity contribution < 1.29 is 4.79 Å². The minimum Gasteiger partial charge on any atom is -0.342 e. The third kappa shape index (κ3) is 5.02. The molecule has 2 saturated heterocycles. The average molecular weight is 601 g/mol. The molecule has 0 bridgehead atoms. The van der Waals surface area contributed by atoms with Crippen LogP contribution in [-0.4, -0.2) is 56.9 Å². The van der Waals surface area contributed by atoms with Gasteiger partial charge in [-0.05, 0) is 99.4 Å². The van der Waals surface area contributed by atoms with Crippen molar-refractivity contribution in [3.8, 4) is 0 Å².